The highest BCUT2D eigenvalue weighted by atomic mass is 19.1. The van der Waals surface area contributed by atoms with Crippen LogP contribution in [0.4, 0.5) is 10.1 Å². The molecule has 0 radical (unpaired) electrons. The van der Waals surface area contributed by atoms with Crippen molar-refractivity contribution < 1.29 is 13.9 Å². The molecule has 0 aliphatic carbocycles. The number of methoxy groups -OCH3 is 2. The molecular formula is C15H14FNO2. The van der Waals surface area contributed by atoms with Gasteiger partial charge >= 0.3 is 0 Å². The van der Waals surface area contributed by atoms with Gasteiger partial charge in [0.2, 0.25) is 0 Å². The van der Waals surface area contributed by atoms with Crippen molar-refractivity contribution in [2.24, 2.45) is 4.99 Å². The van der Waals surface area contributed by atoms with Gasteiger partial charge in [0.05, 0.1) is 19.9 Å². The van der Waals surface area contributed by atoms with Crippen LogP contribution in [0.2, 0.25) is 0 Å². The summed E-state index contributed by atoms with van der Waals surface area (Å²) in [4.78, 5) is 4.11. The van der Waals surface area contributed by atoms with Gasteiger partial charge in [0, 0.05) is 6.21 Å². The van der Waals surface area contributed by atoms with Gasteiger partial charge in [-0.25, -0.2) is 4.39 Å². The van der Waals surface area contributed by atoms with E-state index < -0.39 is 0 Å². The zero-order valence-corrected chi connectivity index (χ0v) is 10.8. The molecule has 0 amide bonds. The summed E-state index contributed by atoms with van der Waals surface area (Å²) in [7, 11) is 3.14. The highest BCUT2D eigenvalue weighted by molar-refractivity contribution is 5.83. The molecule has 3 nitrogen and oxygen atoms in total. The lowest BCUT2D eigenvalue weighted by Gasteiger charge is -2.07. The number of hydrogen-bond donors (Lipinski definition) is 0. The normalized spacial score (nSPS) is 10.7. The van der Waals surface area contributed by atoms with Gasteiger partial charge in [-0.1, -0.05) is 12.1 Å². The SMILES string of the molecule is COc1ccc(C=Nc2ccccc2F)cc1OC. The van der Waals surface area contributed by atoms with Gasteiger partial charge in [-0.3, -0.25) is 4.99 Å². The van der Waals surface area contributed by atoms with Crippen LogP contribution in [-0.4, -0.2) is 20.4 Å². The number of rotatable bonds is 4. The Morgan fingerprint density at radius 1 is 1.00 bits per heavy atom. The Bertz CT molecular complexity index is 596. The predicted molar refractivity (Wildman–Crippen MR) is 73.2 cm³/mol. The number of benzene rings is 2. The first-order chi connectivity index (χ1) is 9.24. The fourth-order valence-electron chi connectivity index (χ4n) is 1.63. The van der Waals surface area contributed by atoms with Crippen molar-refractivity contribution in [1.29, 1.82) is 0 Å². The molecule has 98 valence electrons. The minimum Gasteiger partial charge on any atom is -0.493 e. The van der Waals surface area contributed by atoms with Crippen LogP contribution in [0.3, 0.4) is 0 Å². The van der Waals surface area contributed by atoms with Crippen LogP contribution < -0.4 is 9.47 Å². The molecule has 0 saturated heterocycles. The lowest BCUT2D eigenvalue weighted by atomic mass is 10.2. The monoisotopic (exact) mass is 259 g/mol. The van der Waals surface area contributed by atoms with Gasteiger partial charge in [-0.15, -0.1) is 0 Å². The fourth-order valence-corrected chi connectivity index (χ4v) is 1.63. The summed E-state index contributed by atoms with van der Waals surface area (Å²) >= 11 is 0. The second-order valence-corrected chi connectivity index (χ2v) is 3.82. The van der Waals surface area contributed by atoms with E-state index >= 15 is 0 Å². The molecule has 0 bridgehead atoms. The molecule has 0 aromatic heterocycles. The Hall–Kier alpha value is -2.36. The maximum atomic E-state index is 13.4. The molecule has 0 aliphatic heterocycles. The maximum Gasteiger partial charge on any atom is 0.161 e. The third kappa shape index (κ3) is 3.10. The van der Waals surface area contributed by atoms with E-state index in [2.05, 4.69) is 4.99 Å². The first-order valence-electron chi connectivity index (χ1n) is 5.75. The number of nitrogens with zero attached hydrogens (tertiary/aromatic N) is 1. The van der Waals surface area contributed by atoms with Crippen molar-refractivity contribution in [2.45, 2.75) is 0 Å². The molecule has 2 aromatic carbocycles. The summed E-state index contributed by atoms with van der Waals surface area (Å²) in [5.41, 5.74) is 1.11. The third-order valence-electron chi connectivity index (χ3n) is 2.61. The van der Waals surface area contributed by atoms with E-state index in [0.717, 1.165) is 5.56 Å². The summed E-state index contributed by atoms with van der Waals surface area (Å²) in [6, 6.07) is 11.7. The minimum absolute atomic E-state index is 0.303. The Balaban J connectivity index is 2.26. The number of hydrogen-bond acceptors (Lipinski definition) is 3. The Kier molecular flexibility index (Phi) is 4.13. The fraction of sp³-hybridized carbons (Fsp3) is 0.133. The highest BCUT2D eigenvalue weighted by Gasteiger charge is 2.03. The number of ether oxygens (including phenoxy) is 2. The van der Waals surface area contributed by atoms with Crippen molar-refractivity contribution >= 4 is 11.9 Å². The molecule has 0 aliphatic rings. The quantitative estimate of drug-likeness (QED) is 0.785. The summed E-state index contributed by atoms with van der Waals surface area (Å²) in [6.45, 7) is 0. The van der Waals surface area contributed by atoms with E-state index in [4.69, 9.17) is 9.47 Å². The summed E-state index contributed by atoms with van der Waals surface area (Å²) in [6.07, 6.45) is 1.58. The molecule has 0 unspecified atom stereocenters. The molecule has 0 heterocycles. The van der Waals surface area contributed by atoms with E-state index in [9.17, 15) is 4.39 Å². The van der Waals surface area contributed by atoms with Crippen molar-refractivity contribution in [3.8, 4) is 11.5 Å². The van der Waals surface area contributed by atoms with Gasteiger partial charge in [0.25, 0.3) is 0 Å². The summed E-state index contributed by atoms with van der Waals surface area (Å²) < 4.78 is 23.7. The van der Waals surface area contributed by atoms with Gasteiger partial charge in [0.15, 0.2) is 11.5 Å². The molecular weight excluding hydrogens is 245 g/mol. The average molecular weight is 259 g/mol. The van der Waals surface area contributed by atoms with Crippen LogP contribution in [-0.2, 0) is 0 Å². The second-order valence-electron chi connectivity index (χ2n) is 3.82. The van der Waals surface area contributed by atoms with Crippen LogP contribution in [0.25, 0.3) is 0 Å². The number of aliphatic imine (C=N–C) groups is 1. The van der Waals surface area contributed by atoms with Crippen LogP contribution >= 0.6 is 0 Å². The van der Waals surface area contributed by atoms with Crippen molar-refractivity contribution in [2.75, 3.05) is 14.2 Å². The Morgan fingerprint density at radius 2 is 1.74 bits per heavy atom. The van der Waals surface area contributed by atoms with Crippen LogP contribution in [0.5, 0.6) is 11.5 Å². The van der Waals surface area contributed by atoms with Crippen LogP contribution in [0.1, 0.15) is 5.56 Å². The zero-order chi connectivity index (χ0) is 13.7. The van der Waals surface area contributed by atoms with Crippen molar-refractivity contribution in [3.63, 3.8) is 0 Å². The standard InChI is InChI=1S/C15H14FNO2/c1-18-14-8-7-11(9-15(14)19-2)10-17-13-6-4-3-5-12(13)16/h3-10H,1-2H3. The van der Waals surface area contributed by atoms with Crippen LogP contribution in [0.15, 0.2) is 47.5 Å². The van der Waals surface area contributed by atoms with Gasteiger partial charge in [0.1, 0.15) is 5.82 Å². The largest absolute Gasteiger partial charge is 0.493 e. The molecule has 2 rings (SSSR count). The van der Waals surface area contributed by atoms with Crippen LogP contribution in [0, 0.1) is 5.82 Å². The lowest BCUT2D eigenvalue weighted by Crippen LogP contribution is -1.92. The average Bonchev–Trinajstić information content (AvgIpc) is 2.46. The lowest BCUT2D eigenvalue weighted by molar-refractivity contribution is 0.355. The van der Waals surface area contributed by atoms with Crippen molar-refractivity contribution in [1.82, 2.24) is 0 Å². The minimum atomic E-state index is -0.348. The molecule has 4 heteroatoms. The van der Waals surface area contributed by atoms with E-state index in [-0.39, 0.29) is 5.82 Å². The summed E-state index contributed by atoms with van der Waals surface area (Å²) in [5, 5.41) is 0. The van der Waals surface area contributed by atoms with Crippen molar-refractivity contribution in [3.05, 3.63) is 53.8 Å². The highest BCUT2D eigenvalue weighted by Crippen LogP contribution is 2.27. The first kappa shape index (κ1) is 13.1. The molecule has 0 spiro atoms. The van der Waals surface area contributed by atoms with E-state index in [0.29, 0.717) is 17.2 Å². The third-order valence-corrected chi connectivity index (χ3v) is 2.61. The molecule has 2 aromatic rings. The molecule has 0 saturated carbocycles. The summed E-state index contributed by atoms with van der Waals surface area (Å²) in [5.74, 6) is 0.907. The van der Waals surface area contributed by atoms with E-state index in [1.807, 2.05) is 6.07 Å². The second kappa shape index (κ2) is 6.00. The van der Waals surface area contributed by atoms with Gasteiger partial charge in [-0.05, 0) is 35.9 Å². The predicted octanol–water partition coefficient (Wildman–Crippen LogP) is 3.59. The van der Waals surface area contributed by atoms with Gasteiger partial charge in [-0.2, -0.15) is 0 Å². The zero-order valence-electron chi connectivity index (χ0n) is 10.8. The molecule has 19 heavy (non-hydrogen) atoms. The topological polar surface area (TPSA) is 30.8 Å². The number of halogens is 1. The molecule has 0 N–H and O–H groups in total. The van der Waals surface area contributed by atoms with E-state index in [1.54, 1.807) is 50.8 Å². The Morgan fingerprint density at radius 3 is 2.42 bits per heavy atom. The Labute approximate surface area is 111 Å². The molecule has 0 fully saturated rings. The number of para-hydroxylation sites is 1. The molecule has 0 atom stereocenters. The first-order valence-corrected chi connectivity index (χ1v) is 5.75. The smallest absolute Gasteiger partial charge is 0.161 e. The van der Waals surface area contributed by atoms with E-state index in [1.165, 1.54) is 6.07 Å². The van der Waals surface area contributed by atoms with Gasteiger partial charge < -0.3 is 9.47 Å². The maximum absolute atomic E-state index is 13.4.